The lowest BCUT2D eigenvalue weighted by atomic mass is 10.1. The number of amides is 1. The highest BCUT2D eigenvalue weighted by Crippen LogP contribution is 2.11. The summed E-state index contributed by atoms with van der Waals surface area (Å²) in [5.74, 6) is -1.45. The lowest BCUT2D eigenvalue weighted by molar-refractivity contribution is -0.145. The molecule has 0 aromatic heterocycles. The summed E-state index contributed by atoms with van der Waals surface area (Å²) in [5.41, 5.74) is 0.387. The van der Waals surface area contributed by atoms with Crippen LogP contribution in [0, 0.1) is 11.7 Å². The summed E-state index contributed by atoms with van der Waals surface area (Å²) >= 11 is 0. The Bertz CT molecular complexity index is 530. The van der Waals surface area contributed by atoms with E-state index in [1.54, 1.807) is 11.8 Å². The van der Waals surface area contributed by atoms with Gasteiger partial charge < -0.3 is 14.4 Å². The summed E-state index contributed by atoms with van der Waals surface area (Å²) in [6.07, 6.45) is 0.777. The summed E-state index contributed by atoms with van der Waals surface area (Å²) in [6.45, 7) is 6.81. The fourth-order valence-corrected chi connectivity index (χ4v) is 2.23. The lowest BCUT2D eigenvalue weighted by Crippen LogP contribution is -2.38. The van der Waals surface area contributed by atoms with Crippen LogP contribution in [0.1, 0.15) is 37.6 Å². The highest BCUT2D eigenvalue weighted by Gasteiger charge is 2.22. The Kier molecular flexibility index (Phi) is 8.40. The van der Waals surface area contributed by atoms with Crippen LogP contribution in [0.15, 0.2) is 24.3 Å². The van der Waals surface area contributed by atoms with Crippen molar-refractivity contribution >= 4 is 11.9 Å². The van der Waals surface area contributed by atoms with E-state index in [0.29, 0.717) is 25.1 Å². The topological polar surface area (TPSA) is 55.8 Å². The van der Waals surface area contributed by atoms with E-state index in [-0.39, 0.29) is 24.5 Å². The van der Waals surface area contributed by atoms with E-state index in [9.17, 15) is 14.0 Å². The zero-order valence-electron chi connectivity index (χ0n) is 14.8. The van der Waals surface area contributed by atoms with E-state index in [0.717, 1.165) is 0 Å². The molecule has 134 valence electrons. The van der Waals surface area contributed by atoms with Crippen molar-refractivity contribution < 1.29 is 23.5 Å². The molecule has 0 radical (unpaired) electrons. The van der Waals surface area contributed by atoms with Gasteiger partial charge in [0.15, 0.2) is 0 Å². The maximum Gasteiger partial charge on any atom is 0.310 e. The van der Waals surface area contributed by atoms with E-state index in [2.05, 4.69) is 0 Å². The Morgan fingerprint density at radius 2 is 1.79 bits per heavy atom. The van der Waals surface area contributed by atoms with Crippen molar-refractivity contribution in [3.05, 3.63) is 35.6 Å². The Morgan fingerprint density at radius 1 is 1.17 bits per heavy atom. The van der Waals surface area contributed by atoms with Gasteiger partial charge >= 0.3 is 5.97 Å². The number of esters is 1. The van der Waals surface area contributed by atoms with Crippen molar-refractivity contribution in [1.82, 2.24) is 4.90 Å². The van der Waals surface area contributed by atoms with E-state index in [4.69, 9.17) is 9.47 Å². The number of ether oxygens (including phenoxy) is 2. The number of rotatable bonds is 9. The first-order valence-electron chi connectivity index (χ1n) is 8.09. The van der Waals surface area contributed by atoms with Gasteiger partial charge in [-0.25, -0.2) is 4.39 Å². The standard InChI is InChI=1S/C18H26FNO4/c1-13(2)24-11-5-10-20(12-14(3)18(22)23-4)17(21)15-6-8-16(19)9-7-15/h6-9,13-14H,5,10-12H2,1-4H3. The molecular formula is C18H26FNO4. The van der Waals surface area contributed by atoms with Gasteiger partial charge in [-0.3, -0.25) is 9.59 Å². The molecule has 1 amide bonds. The van der Waals surface area contributed by atoms with Crippen molar-refractivity contribution in [1.29, 1.82) is 0 Å². The molecule has 0 spiro atoms. The van der Waals surface area contributed by atoms with E-state index < -0.39 is 11.7 Å². The Morgan fingerprint density at radius 3 is 2.33 bits per heavy atom. The molecule has 0 bridgehead atoms. The van der Waals surface area contributed by atoms with E-state index in [1.807, 2.05) is 13.8 Å². The number of hydrogen-bond donors (Lipinski definition) is 0. The van der Waals surface area contributed by atoms with Gasteiger partial charge in [0.2, 0.25) is 0 Å². The molecule has 1 atom stereocenters. The number of hydrogen-bond acceptors (Lipinski definition) is 4. The quantitative estimate of drug-likeness (QED) is 0.513. The Balaban J connectivity index is 2.76. The van der Waals surface area contributed by atoms with Crippen molar-refractivity contribution in [2.45, 2.75) is 33.3 Å². The molecule has 24 heavy (non-hydrogen) atoms. The maximum absolute atomic E-state index is 13.0. The normalized spacial score (nSPS) is 12.1. The number of halogens is 1. The predicted octanol–water partition coefficient (Wildman–Crippen LogP) is 2.89. The zero-order chi connectivity index (χ0) is 18.1. The average molecular weight is 339 g/mol. The minimum atomic E-state index is -0.439. The maximum atomic E-state index is 13.0. The first kappa shape index (κ1) is 20.1. The van der Waals surface area contributed by atoms with Gasteiger partial charge in [0, 0.05) is 25.3 Å². The van der Waals surface area contributed by atoms with Gasteiger partial charge in [-0.2, -0.15) is 0 Å². The lowest BCUT2D eigenvalue weighted by Gasteiger charge is -2.25. The number of methoxy groups -OCH3 is 1. The molecule has 1 aromatic carbocycles. The molecular weight excluding hydrogens is 313 g/mol. The number of benzene rings is 1. The van der Waals surface area contributed by atoms with Crippen LogP contribution in [0.4, 0.5) is 4.39 Å². The van der Waals surface area contributed by atoms with Crippen LogP contribution in [0.2, 0.25) is 0 Å². The molecule has 1 rings (SSSR count). The minimum Gasteiger partial charge on any atom is -0.469 e. The largest absolute Gasteiger partial charge is 0.469 e. The predicted molar refractivity (Wildman–Crippen MR) is 89.2 cm³/mol. The Labute approximate surface area is 142 Å². The van der Waals surface area contributed by atoms with Crippen molar-refractivity contribution in [3.8, 4) is 0 Å². The first-order valence-corrected chi connectivity index (χ1v) is 8.09. The molecule has 0 saturated carbocycles. The van der Waals surface area contributed by atoms with Gasteiger partial charge in [-0.05, 0) is 44.5 Å². The van der Waals surface area contributed by atoms with Crippen molar-refractivity contribution in [2.24, 2.45) is 5.92 Å². The van der Waals surface area contributed by atoms with Crippen LogP contribution < -0.4 is 0 Å². The van der Waals surface area contributed by atoms with Crippen LogP contribution in [0.3, 0.4) is 0 Å². The first-order chi connectivity index (χ1) is 11.3. The fraction of sp³-hybridized carbons (Fsp3) is 0.556. The summed E-state index contributed by atoms with van der Waals surface area (Å²) in [6, 6.07) is 5.38. The second-order valence-electron chi connectivity index (χ2n) is 5.96. The summed E-state index contributed by atoms with van der Waals surface area (Å²) in [5, 5.41) is 0. The fourth-order valence-electron chi connectivity index (χ4n) is 2.23. The number of nitrogens with zero attached hydrogens (tertiary/aromatic N) is 1. The SMILES string of the molecule is COC(=O)C(C)CN(CCCOC(C)C)C(=O)c1ccc(F)cc1. The second-order valence-corrected chi connectivity index (χ2v) is 5.96. The summed E-state index contributed by atoms with van der Waals surface area (Å²) in [7, 11) is 1.32. The molecule has 0 fully saturated rings. The molecule has 0 aliphatic carbocycles. The molecule has 0 heterocycles. The van der Waals surface area contributed by atoms with Gasteiger partial charge in [-0.1, -0.05) is 6.92 Å². The molecule has 1 unspecified atom stereocenters. The van der Waals surface area contributed by atoms with Crippen LogP contribution >= 0.6 is 0 Å². The van der Waals surface area contributed by atoms with Gasteiger partial charge in [0.1, 0.15) is 5.82 Å². The van der Waals surface area contributed by atoms with Crippen LogP contribution in [0.25, 0.3) is 0 Å². The van der Waals surface area contributed by atoms with Gasteiger partial charge in [-0.15, -0.1) is 0 Å². The minimum absolute atomic E-state index is 0.125. The third-order valence-corrected chi connectivity index (χ3v) is 3.50. The van der Waals surface area contributed by atoms with Crippen LogP contribution in [0.5, 0.6) is 0 Å². The molecule has 0 aliphatic rings. The highest BCUT2D eigenvalue weighted by atomic mass is 19.1. The monoisotopic (exact) mass is 339 g/mol. The van der Waals surface area contributed by atoms with Crippen LogP contribution in [-0.4, -0.2) is 49.7 Å². The van der Waals surface area contributed by atoms with Crippen molar-refractivity contribution in [3.63, 3.8) is 0 Å². The summed E-state index contributed by atoms with van der Waals surface area (Å²) < 4.78 is 23.2. The molecule has 0 saturated heterocycles. The second kappa shape index (κ2) is 10.0. The summed E-state index contributed by atoms with van der Waals surface area (Å²) in [4.78, 5) is 25.9. The molecule has 0 N–H and O–H groups in total. The van der Waals surface area contributed by atoms with Crippen molar-refractivity contribution in [2.75, 3.05) is 26.8 Å². The zero-order valence-corrected chi connectivity index (χ0v) is 14.8. The van der Waals surface area contributed by atoms with Gasteiger partial charge in [0.05, 0.1) is 19.1 Å². The molecule has 0 aliphatic heterocycles. The van der Waals surface area contributed by atoms with E-state index in [1.165, 1.54) is 31.4 Å². The number of carbonyl (C=O) groups is 2. The third-order valence-electron chi connectivity index (χ3n) is 3.50. The highest BCUT2D eigenvalue weighted by molar-refractivity contribution is 5.94. The Hall–Kier alpha value is -1.95. The molecule has 1 aromatic rings. The van der Waals surface area contributed by atoms with Crippen LogP contribution in [-0.2, 0) is 14.3 Å². The number of carbonyl (C=O) groups excluding carboxylic acids is 2. The molecule has 5 nitrogen and oxygen atoms in total. The molecule has 6 heteroatoms. The average Bonchev–Trinajstić information content (AvgIpc) is 2.56. The third kappa shape index (κ3) is 6.66. The van der Waals surface area contributed by atoms with E-state index >= 15 is 0 Å². The van der Waals surface area contributed by atoms with Gasteiger partial charge in [0.25, 0.3) is 5.91 Å². The smallest absolute Gasteiger partial charge is 0.310 e.